The van der Waals surface area contributed by atoms with Crippen LogP contribution in [-0.2, 0) is 14.8 Å². The summed E-state index contributed by atoms with van der Waals surface area (Å²) in [4.78, 5) is 2.29. The van der Waals surface area contributed by atoms with Crippen molar-refractivity contribution in [3.63, 3.8) is 0 Å². The van der Waals surface area contributed by atoms with Gasteiger partial charge in [-0.2, -0.15) is 0 Å². The molecule has 1 saturated heterocycles. The van der Waals surface area contributed by atoms with E-state index in [9.17, 15) is 8.42 Å². The van der Waals surface area contributed by atoms with E-state index in [1.807, 2.05) is 0 Å². The lowest BCUT2D eigenvalue weighted by Gasteiger charge is -2.26. The number of sulfonamides is 1. The van der Waals surface area contributed by atoms with Crippen LogP contribution in [0.4, 0.5) is 0 Å². The van der Waals surface area contributed by atoms with Crippen LogP contribution in [0.2, 0.25) is 0 Å². The fraction of sp³-hybridized carbons (Fsp3) is 1.00. The Labute approximate surface area is 104 Å². The van der Waals surface area contributed by atoms with Crippen molar-refractivity contribution in [1.82, 2.24) is 9.62 Å². The molecule has 17 heavy (non-hydrogen) atoms. The molecule has 0 bridgehead atoms. The molecule has 1 fully saturated rings. The lowest BCUT2D eigenvalue weighted by molar-refractivity contribution is 0.0376. The first-order chi connectivity index (χ1) is 8.14. The second-order valence-electron chi connectivity index (χ2n) is 4.16. The largest absolute Gasteiger partial charge is 0.379 e. The van der Waals surface area contributed by atoms with Crippen LogP contribution in [0, 0.1) is 0 Å². The molecular weight excluding hydrogens is 242 g/mol. The van der Waals surface area contributed by atoms with Crippen LogP contribution >= 0.6 is 0 Å². The minimum absolute atomic E-state index is 0.126. The van der Waals surface area contributed by atoms with Gasteiger partial charge in [-0.25, -0.2) is 13.1 Å². The highest BCUT2D eigenvalue weighted by Crippen LogP contribution is 1.97. The first kappa shape index (κ1) is 14.8. The van der Waals surface area contributed by atoms with Crippen molar-refractivity contribution in [2.75, 3.05) is 51.7 Å². The lowest BCUT2D eigenvalue weighted by Crippen LogP contribution is -2.38. The molecule has 0 amide bonds. The van der Waals surface area contributed by atoms with Gasteiger partial charge in [0, 0.05) is 19.6 Å². The fourth-order valence-corrected chi connectivity index (χ4v) is 2.85. The summed E-state index contributed by atoms with van der Waals surface area (Å²) < 4.78 is 30.7. The maximum absolute atomic E-state index is 11.4. The Hall–Kier alpha value is -0.210. The SMILES string of the molecule is NCCCS(=O)(=O)NCCCN1CCOCC1. The van der Waals surface area contributed by atoms with E-state index < -0.39 is 10.0 Å². The predicted molar refractivity (Wildman–Crippen MR) is 67.3 cm³/mol. The van der Waals surface area contributed by atoms with Gasteiger partial charge in [0.15, 0.2) is 0 Å². The Bertz CT molecular complexity index is 289. The Kier molecular flexibility index (Phi) is 6.98. The first-order valence-electron chi connectivity index (χ1n) is 6.11. The molecule has 6 nitrogen and oxygen atoms in total. The fourth-order valence-electron chi connectivity index (χ4n) is 1.70. The molecular formula is C10H23N3O3S. The van der Waals surface area contributed by atoms with Crippen molar-refractivity contribution in [2.45, 2.75) is 12.8 Å². The van der Waals surface area contributed by atoms with Crippen LogP contribution in [-0.4, -0.2) is 65.0 Å². The highest BCUT2D eigenvalue weighted by molar-refractivity contribution is 7.89. The van der Waals surface area contributed by atoms with E-state index in [4.69, 9.17) is 10.5 Å². The highest BCUT2D eigenvalue weighted by Gasteiger charge is 2.11. The van der Waals surface area contributed by atoms with Gasteiger partial charge in [0.25, 0.3) is 0 Å². The third kappa shape index (κ3) is 6.95. The molecule has 1 aliphatic rings. The van der Waals surface area contributed by atoms with Gasteiger partial charge in [-0.1, -0.05) is 0 Å². The summed E-state index contributed by atoms with van der Waals surface area (Å²) in [7, 11) is -3.12. The van der Waals surface area contributed by atoms with Gasteiger partial charge in [-0.05, 0) is 25.9 Å². The molecule has 1 rings (SSSR count). The first-order valence-corrected chi connectivity index (χ1v) is 7.77. The number of nitrogens with zero attached hydrogens (tertiary/aromatic N) is 1. The zero-order valence-electron chi connectivity index (χ0n) is 10.2. The number of hydrogen-bond donors (Lipinski definition) is 2. The molecule has 102 valence electrons. The van der Waals surface area contributed by atoms with E-state index in [2.05, 4.69) is 9.62 Å². The van der Waals surface area contributed by atoms with E-state index >= 15 is 0 Å². The molecule has 0 radical (unpaired) electrons. The van der Waals surface area contributed by atoms with Crippen molar-refractivity contribution in [2.24, 2.45) is 5.73 Å². The van der Waals surface area contributed by atoms with Crippen LogP contribution in [0.25, 0.3) is 0 Å². The molecule has 0 aromatic carbocycles. The third-order valence-electron chi connectivity index (χ3n) is 2.69. The van der Waals surface area contributed by atoms with Gasteiger partial charge in [-0.15, -0.1) is 0 Å². The van der Waals surface area contributed by atoms with Crippen LogP contribution < -0.4 is 10.5 Å². The van der Waals surface area contributed by atoms with Gasteiger partial charge >= 0.3 is 0 Å². The summed E-state index contributed by atoms with van der Waals surface area (Å²) in [5.41, 5.74) is 5.28. The smallest absolute Gasteiger partial charge is 0.211 e. The predicted octanol–water partition coefficient (Wildman–Crippen LogP) is -1.02. The minimum Gasteiger partial charge on any atom is -0.379 e. The summed E-state index contributed by atoms with van der Waals surface area (Å²) in [6.07, 6.45) is 1.35. The minimum atomic E-state index is -3.12. The quantitative estimate of drug-likeness (QED) is 0.549. The maximum atomic E-state index is 11.4. The van der Waals surface area contributed by atoms with Crippen LogP contribution in [0.15, 0.2) is 0 Å². The van der Waals surface area contributed by atoms with E-state index in [0.29, 0.717) is 19.5 Å². The maximum Gasteiger partial charge on any atom is 0.211 e. The van der Waals surface area contributed by atoms with Crippen LogP contribution in [0.1, 0.15) is 12.8 Å². The second-order valence-corrected chi connectivity index (χ2v) is 6.09. The standard InChI is InChI=1S/C10H23N3O3S/c11-3-1-10-17(14,15)12-4-2-5-13-6-8-16-9-7-13/h12H,1-11H2. The van der Waals surface area contributed by atoms with E-state index in [0.717, 1.165) is 39.3 Å². The normalized spacial score (nSPS) is 18.4. The van der Waals surface area contributed by atoms with Crippen molar-refractivity contribution in [3.8, 4) is 0 Å². The number of morpholine rings is 1. The van der Waals surface area contributed by atoms with Gasteiger partial charge in [0.05, 0.1) is 19.0 Å². The molecule has 0 aliphatic carbocycles. The highest BCUT2D eigenvalue weighted by atomic mass is 32.2. The number of nitrogens with two attached hydrogens (primary N) is 1. The molecule has 0 aromatic heterocycles. The third-order valence-corrected chi connectivity index (χ3v) is 4.16. The zero-order valence-corrected chi connectivity index (χ0v) is 11.0. The van der Waals surface area contributed by atoms with Gasteiger partial charge in [-0.3, -0.25) is 4.90 Å². The molecule has 1 heterocycles. The van der Waals surface area contributed by atoms with Gasteiger partial charge in [0.1, 0.15) is 0 Å². The Morgan fingerprint density at radius 1 is 1.24 bits per heavy atom. The van der Waals surface area contributed by atoms with Crippen LogP contribution in [0.5, 0.6) is 0 Å². The Balaban J connectivity index is 2.06. The lowest BCUT2D eigenvalue weighted by atomic mass is 10.3. The molecule has 0 aromatic rings. The Morgan fingerprint density at radius 2 is 1.94 bits per heavy atom. The van der Waals surface area contributed by atoms with Crippen molar-refractivity contribution in [3.05, 3.63) is 0 Å². The molecule has 3 N–H and O–H groups in total. The topological polar surface area (TPSA) is 84.7 Å². The van der Waals surface area contributed by atoms with E-state index in [1.165, 1.54) is 0 Å². The number of hydrogen-bond acceptors (Lipinski definition) is 5. The van der Waals surface area contributed by atoms with Crippen molar-refractivity contribution < 1.29 is 13.2 Å². The summed E-state index contributed by atoms with van der Waals surface area (Å²) in [5.74, 6) is 0.126. The molecule has 0 unspecified atom stereocenters. The molecule has 7 heteroatoms. The Morgan fingerprint density at radius 3 is 2.59 bits per heavy atom. The molecule has 1 aliphatic heterocycles. The number of nitrogens with one attached hydrogen (secondary N) is 1. The summed E-state index contributed by atoms with van der Waals surface area (Å²) in [6, 6.07) is 0. The monoisotopic (exact) mass is 265 g/mol. The molecule has 0 atom stereocenters. The van der Waals surface area contributed by atoms with Gasteiger partial charge in [0.2, 0.25) is 10.0 Å². The van der Waals surface area contributed by atoms with E-state index in [1.54, 1.807) is 0 Å². The average Bonchev–Trinajstić information content (AvgIpc) is 2.34. The summed E-state index contributed by atoms with van der Waals surface area (Å²) >= 11 is 0. The molecule has 0 saturated carbocycles. The zero-order chi connectivity index (χ0) is 12.6. The van der Waals surface area contributed by atoms with Gasteiger partial charge < -0.3 is 10.5 Å². The average molecular weight is 265 g/mol. The number of rotatable bonds is 8. The van der Waals surface area contributed by atoms with Crippen LogP contribution in [0.3, 0.4) is 0 Å². The molecule has 0 spiro atoms. The second kappa shape index (κ2) is 7.99. The summed E-state index contributed by atoms with van der Waals surface area (Å²) in [6.45, 7) is 5.28. The number of ether oxygens (including phenoxy) is 1. The summed E-state index contributed by atoms with van der Waals surface area (Å²) in [5, 5.41) is 0. The van der Waals surface area contributed by atoms with Crippen molar-refractivity contribution in [1.29, 1.82) is 0 Å². The van der Waals surface area contributed by atoms with Crippen molar-refractivity contribution >= 4 is 10.0 Å². The van der Waals surface area contributed by atoms with E-state index in [-0.39, 0.29) is 5.75 Å².